The van der Waals surface area contributed by atoms with E-state index in [1.807, 2.05) is 97.1 Å². The summed E-state index contributed by atoms with van der Waals surface area (Å²) in [7, 11) is 0. The molecule has 3 fully saturated rings. The molecule has 4 atom stereocenters. The van der Waals surface area contributed by atoms with E-state index in [9.17, 15) is 29.4 Å². The van der Waals surface area contributed by atoms with Gasteiger partial charge in [0.05, 0.1) is 24.3 Å². The van der Waals surface area contributed by atoms with Crippen LogP contribution < -0.4 is 26.2 Å². The Labute approximate surface area is 389 Å². The first-order valence-electron chi connectivity index (χ1n) is 23.0. The van der Waals surface area contributed by atoms with Gasteiger partial charge in [-0.05, 0) is 115 Å². The molecule has 0 aliphatic carbocycles. The predicted octanol–water partition coefficient (Wildman–Crippen LogP) is 6.71. The van der Waals surface area contributed by atoms with E-state index in [1.54, 1.807) is 24.3 Å². The number of benzene rings is 5. The van der Waals surface area contributed by atoms with Crippen LogP contribution in [0, 0.1) is 5.92 Å². The summed E-state index contributed by atoms with van der Waals surface area (Å²) in [4.78, 5) is 57.0. The highest BCUT2D eigenvalue weighted by Crippen LogP contribution is 2.31. The molecule has 2 amide bonds. The summed E-state index contributed by atoms with van der Waals surface area (Å²) in [5, 5.41) is 30.7. The van der Waals surface area contributed by atoms with E-state index >= 15 is 0 Å². The fourth-order valence-electron chi connectivity index (χ4n) is 8.85. The molecule has 3 saturated heterocycles. The molecule has 0 saturated carbocycles. The Hall–Kier alpha value is -7.00. The molecule has 9 rings (SSSR count). The van der Waals surface area contributed by atoms with E-state index in [2.05, 4.69) is 25.8 Å². The number of carbonyl (C=O) groups excluding carboxylic acids is 3. The van der Waals surface area contributed by atoms with Gasteiger partial charge in [0.15, 0.2) is 0 Å². The van der Waals surface area contributed by atoms with E-state index < -0.39 is 36.2 Å². The molecule has 0 spiro atoms. The zero-order valence-electron chi connectivity index (χ0n) is 37.3. The number of unbranched alkanes of at least 4 members (excludes halogenated alkanes) is 1. The van der Waals surface area contributed by atoms with Crippen LogP contribution in [0.5, 0.6) is 11.5 Å². The number of piperidine rings is 3. The number of phenolic OH excluding ortho intramolecular Hbond substituents is 1. The number of pyridine rings is 1. The lowest BCUT2D eigenvalue weighted by Gasteiger charge is -2.43. The molecular weight excluding hydrogens is 851 g/mol. The van der Waals surface area contributed by atoms with Crippen molar-refractivity contribution in [2.45, 2.75) is 63.0 Å². The summed E-state index contributed by atoms with van der Waals surface area (Å²) in [5.74, 6) is -0.0151. The number of ether oxygens (including phenoxy) is 3. The molecule has 67 heavy (non-hydrogen) atoms. The van der Waals surface area contributed by atoms with Crippen LogP contribution in [0.4, 0.5) is 4.79 Å². The lowest BCUT2D eigenvalue weighted by molar-refractivity contribution is -0.146. The van der Waals surface area contributed by atoms with Crippen LogP contribution in [0.2, 0.25) is 0 Å². The third-order valence-electron chi connectivity index (χ3n) is 12.5. The molecule has 0 radical (unpaired) electrons. The zero-order valence-corrected chi connectivity index (χ0v) is 37.3. The van der Waals surface area contributed by atoms with Crippen LogP contribution in [-0.2, 0) is 27.3 Å². The molecule has 6 aromatic rings. The van der Waals surface area contributed by atoms with Crippen molar-refractivity contribution in [3.8, 4) is 11.5 Å². The maximum Gasteiger partial charge on any atom is 0.408 e. The number of aromatic hydroxyl groups is 1. The number of aromatic amines is 1. The van der Waals surface area contributed by atoms with Gasteiger partial charge in [-0.15, -0.1) is 0 Å². The Morgan fingerprint density at radius 3 is 2.28 bits per heavy atom. The maximum atomic E-state index is 13.5. The van der Waals surface area contributed by atoms with E-state index in [0.717, 1.165) is 54.7 Å². The van der Waals surface area contributed by atoms with Gasteiger partial charge in [0, 0.05) is 36.5 Å². The van der Waals surface area contributed by atoms with Crippen LogP contribution in [-0.4, -0.2) is 89.5 Å². The van der Waals surface area contributed by atoms with Gasteiger partial charge >= 0.3 is 12.1 Å². The molecule has 14 nitrogen and oxygen atoms in total. The number of carbonyl (C=O) groups is 3. The summed E-state index contributed by atoms with van der Waals surface area (Å²) >= 11 is 0. The van der Waals surface area contributed by atoms with Crippen molar-refractivity contribution < 1.29 is 38.8 Å². The number of hydrogen-bond acceptors (Lipinski definition) is 11. The smallest absolute Gasteiger partial charge is 0.408 e. The quantitative estimate of drug-likeness (QED) is 0.0353. The van der Waals surface area contributed by atoms with Gasteiger partial charge in [-0.25, -0.2) is 9.59 Å². The van der Waals surface area contributed by atoms with Crippen LogP contribution >= 0.6 is 0 Å². The number of rotatable bonds is 20. The number of hydrogen-bond donors (Lipinski definition) is 6. The lowest BCUT2D eigenvalue weighted by atomic mass is 9.86. The molecule has 348 valence electrons. The molecule has 4 heterocycles. The standard InChI is InChI=1S/C53H57N5O9/c59-45-22-20-42(43-21-23-48(61)56-50(43)45)46(60)32-54-26-7-8-29-65-52(63)44(30-35-10-3-1-4-11-35)55-51(62)39-18-16-36(17-19-39)34-66-41-15-9-14-40(31-41)49(38-12-5-2-6-13-38)57-53(64)67-47-33-58-27-24-37(47)25-28-58/h1-6,9-23,31,37,44,46-47,49,54,59-60H,7-8,24-30,32-34H2,(H,55,62)(H,56,61)(H,57,64)/t44-,46?,47?,49?/m0/s1. The summed E-state index contributed by atoms with van der Waals surface area (Å²) < 4.78 is 17.9. The van der Waals surface area contributed by atoms with Gasteiger partial charge in [0.2, 0.25) is 5.56 Å². The lowest BCUT2D eigenvalue weighted by Crippen LogP contribution is -2.52. The first kappa shape index (κ1) is 46.5. The monoisotopic (exact) mass is 907 g/mol. The number of aliphatic hydroxyl groups is 1. The number of esters is 1. The molecular formula is C53H57N5O9. The largest absolute Gasteiger partial charge is 0.506 e. The van der Waals surface area contributed by atoms with Gasteiger partial charge in [-0.1, -0.05) is 91.0 Å². The normalized spacial score (nSPS) is 17.8. The molecule has 3 aliphatic rings. The average molecular weight is 908 g/mol. The number of nitrogens with one attached hydrogen (secondary N) is 4. The first-order chi connectivity index (χ1) is 32.7. The topological polar surface area (TPSA) is 192 Å². The second-order valence-electron chi connectivity index (χ2n) is 17.2. The number of fused-ring (bicyclic) bond motifs is 4. The minimum atomic E-state index is -0.926. The Morgan fingerprint density at radius 2 is 1.54 bits per heavy atom. The Bertz CT molecular complexity index is 2650. The molecule has 14 heteroatoms. The molecule has 3 unspecified atom stereocenters. The summed E-state index contributed by atoms with van der Waals surface area (Å²) in [5.41, 5.74) is 4.33. The number of amides is 2. The third-order valence-corrected chi connectivity index (χ3v) is 12.5. The van der Waals surface area contributed by atoms with Crippen molar-refractivity contribution in [1.82, 2.24) is 25.8 Å². The highest BCUT2D eigenvalue weighted by molar-refractivity contribution is 5.97. The molecule has 3 aliphatic heterocycles. The minimum Gasteiger partial charge on any atom is -0.506 e. The van der Waals surface area contributed by atoms with Gasteiger partial charge in [0.1, 0.15) is 30.3 Å². The number of nitrogens with zero attached hydrogens (tertiary/aromatic N) is 1. The summed E-state index contributed by atoms with van der Waals surface area (Å²) in [6.07, 6.45) is 2.12. The Balaban J connectivity index is 0.814. The minimum absolute atomic E-state index is 0.0733. The fourth-order valence-corrected chi connectivity index (χ4v) is 8.85. The van der Waals surface area contributed by atoms with Crippen molar-refractivity contribution >= 4 is 28.9 Å². The molecule has 5 aromatic carbocycles. The number of alkyl carbamates (subject to hydrolysis) is 1. The van der Waals surface area contributed by atoms with Gasteiger partial charge < -0.3 is 45.4 Å². The SMILES string of the molecule is O=C(NC(c1ccccc1)c1cccc(OCc2ccc(C(=O)N[C@@H](Cc3ccccc3)C(=O)OCCCCNCC(O)c3ccc(O)c4[nH]c(=O)ccc34)cc2)c1)OC1CN2CCC1CC2. The van der Waals surface area contributed by atoms with Crippen molar-refractivity contribution in [2.24, 2.45) is 5.92 Å². The van der Waals surface area contributed by atoms with E-state index in [1.165, 1.54) is 12.1 Å². The Morgan fingerprint density at radius 1 is 0.791 bits per heavy atom. The van der Waals surface area contributed by atoms with Gasteiger partial charge in [0.25, 0.3) is 5.91 Å². The van der Waals surface area contributed by atoms with Crippen LogP contribution in [0.1, 0.15) is 76.0 Å². The van der Waals surface area contributed by atoms with Crippen LogP contribution in [0.25, 0.3) is 10.9 Å². The number of phenols is 1. The number of H-pyrrole nitrogens is 1. The van der Waals surface area contributed by atoms with E-state index in [4.69, 9.17) is 14.2 Å². The van der Waals surface area contributed by atoms with Crippen LogP contribution in [0.3, 0.4) is 0 Å². The number of aliphatic hydroxyl groups excluding tert-OH is 1. The first-order valence-corrected chi connectivity index (χ1v) is 23.0. The second-order valence-corrected chi connectivity index (χ2v) is 17.2. The third kappa shape index (κ3) is 12.5. The highest BCUT2D eigenvalue weighted by Gasteiger charge is 2.37. The van der Waals surface area contributed by atoms with E-state index in [-0.39, 0.29) is 49.1 Å². The van der Waals surface area contributed by atoms with E-state index in [0.29, 0.717) is 47.6 Å². The Kier molecular flexibility index (Phi) is 15.6. The van der Waals surface area contributed by atoms with Crippen molar-refractivity contribution in [3.05, 3.63) is 177 Å². The zero-order chi connectivity index (χ0) is 46.5. The maximum absolute atomic E-state index is 13.5. The van der Waals surface area contributed by atoms with Gasteiger partial charge in [-0.3, -0.25) is 14.5 Å². The van der Waals surface area contributed by atoms with Gasteiger partial charge in [-0.2, -0.15) is 0 Å². The fraction of sp³-hybridized carbons (Fsp3) is 0.321. The molecule has 1 aromatic heterocycles. The predicted molar refractivity (Wildman–Crippen MR) is 254 cm³/mol. The van der Waals surface area contributed by atoms with Crippen molar-refractivity contribution in [3.63, 3.8) is 0 Å². The van der Waals surface area contributed by atoms with Crippen molar-refractivity contribution in [2.75, 3.05) is 39.3 Å². The summed E-state index contributed by atoms with van der Waals surface area (Å²) in [6.45, 7) is 4.06. The molecule has 2 bridgehead atoms. The van der Waals surface area contributed by atoms with Crippen LogP contribution in [0.15, 0.2) is 138 Å². The molecule has 6 N–H and O–H groups in total. The number of aromatic nitrogens is 1. The summed E-state index contributed by atoms with van der Waals surface area (Å²) in [6, 6.07) is 38.4. The van der Waals surface area contributed by atoms with Crippen molar-refractivity contribution in [1.29, 1.82) is 0 Å². The average Bonchev–Trinajstić information content (AvgIpc) is 3.35. The second kappa shape index (κ2) is 22.5. The highest BCUT2D eigenvalue weighted by atomic mass is 16.6.